The number of carbonyl (C=O) groups excluding carboxylic acids is 2. The summed E-state index contributed by atoms with van der Waals surface area (Å²) in [7, 11) is 0. The minimum absolute atomic E-state index is 0.00995. The zero-order valence-corrected chi connectivity index (χ0v) is 13.5. The monoisotopic (exact) mass is 323 g/mol. The third-order valence-corrected chi connectivity index (χ3v) is 5.87. The molecule has 1 N–H and O–H groups in total. The highest BCUT2D eigenvalue weighted by molar-refractivity contribution is 8.00. The zero-order valence-electron chi connectivity index (χ0n) is 12.7. The van der Waals surface area contributed by atoms with Gasteiger partial charge in [-0.15, -0.1) is 11.8 Å². The van der Waals surface area contributed by atoms with Gasteiger partial charge >= 0.3 is 6.03 Å². The minimum Gasteiger partial charge on any atom is -0.459 e. The fraction of sp³-hybridized carbons (Fsp3) is 0.600. The fourth-order valence-corrected chi connectivity index (χ4v) is 4.62. The second-order valence-electron chi connectivity index (χ2n) is 5.55. The van der Waals surface area contributed by atoms with E-state index in [2.05, 4.69) is 5.32 Å². The van der Waals surface area contributed by atoms with E-state index < -0.39 is 0 Å². The van der Waals surface area contributed by atoms with E-state index in [4.69, 9.17) is 4.42 Å². The molecule has 2 saturated heterocycles. The number of rotatable bonds is 2. The molecular weight excluding hydrogens is 302 g/mol. The maximum Gasteiger partial charge on any atom is 0.317 e. The molecule has 22 heavy (non-hydrogen) atoms. The lowest BCUT2D eigenvalue weighted by molar-refractivity contribution is 0.0550. The summed E-state index contributed by atoms with van der Waals surface area (Å²) < 4.78 is 5.26. The molecule has 3 rings (SSSR count). The molecule has 0 unspecified atom stereocenters. The Morgan fingerprint density at radius 2 is 2.14 bits per heavy atom. The Balaban J connectivity index is 1.68. The van der Waals surface area contributed by atoms with Gasteiger partial charge in [0, 0.05) is 31.9 Å². The molecule has 0 radical (unpaired) electrons. The van der Waals surface area contributed by atoms with Crippen molar-refractivity contribution >= 4 is 23.7 Å². The van der Waals surface area contributed by atoms with Crippen LogP contribution in [0.5, 0.6) is 0 Å². The van der Waals surface area contributed by atoms with Crippen LogP contribution in [0.4, 0.5) is 4.79 Å². The van der Waals surface area contributed by atoms with E-state index in [0.717, 1.165) is 25.1 Å². The third kappa shape index (κ3) is 2.69. The number of carbonyl (C=O) groups is 2. The lowest BCUT2D eigenvalue weighted by atomic mass is 10.0. The maximum atomic E-state index is 12.6. The van der Waals surface area contributed by atoms with Crippen molar-refractivity contribution < 1.29 is 14.0 Å². The zero-order chi connectivity index (χ0) is 15.6. The van der Waals surface area contributed by atoms with Crippen molar-refractivity contribution in [1.82, 2.24) is 15.1 Å². The molecule has 2 fully saturated rings. The molecule has 0 aromatic carbocycles. The van der Waals surface area contributed by atoms with E-state index >= 15 is 0 Å². The van der Waals surface area contributed by atoms with E-state index in [9.17, 15) is 9.59 Å². The lowest BCUT2D eigenvalue weighted by Gasteiger charge is -2.43. The van der Waals surface area contributed by atoms with Gasteiger partial charge in [-0.25, -0.2) is 4.79 Å². The number of piperidine rings is 1. The van der Waals surface area contributed by atoms with E-state index in [1.807, 2.05) is 28.5 Å². The van der Waals surface area contributed by atoms with Crippen LogP contribution in [0.1, 0.15) is 30.3 Å². The van der Waals surface area contributed by atoms with Gasteiger partial charge < -0.3 is 19.5 Å². The summed E-state index contributed by atoms with van der Waals surface area (Å²) in [5.74, 6) is 1.29. The van der Waals surface area contributed by atoms with Crippen molar-refractivity contribution in [3.8, 4) is 0 Å². The normalized spacial score (nSPS) is 20.4. The highest BCUT2D eigenvalue weighted by Crippen LogP contribution is 2.44. The third-order valence-electron chi connectivity index (χ3n) is 4.31. The summed E-state index contributed by atoms with van der Waals surface area (Å²) in [6.07, 6.45) is 3.14. The first-order valence-electron chi connectivity index (χ1n) is 7.68. The first-order chi connectivity index (χ1) is 10.7. The number of nitrogens with zero attached hydrogens (tertiary/aromatic N) is 2. The van der Waals surface area contributed by atoms with Crippen LogP contribution < -0.4 is 5.32 Å². The Hall–Kier alpha value is -1.63. The molecule has 6 nitrogen and oxygen atoms in total. The number of furan rings is 1. The summed E-state index contributed by atoms with van der Waals surface area (Å²) in [5, 5.41) is 2.84. The van der Waals surface area contributed by atoms with Gasteiger partial charge in [-0.05, 0) is 31.9 Å². The Morgan fingerprint density at radius 1 is 1.36 bits per heavy atom. The van der Waals surface area contributed by atoms with Crippen molar-refractivity contribution in [2.75, 3.05) is 31.9 Å². The predicted octanol–water partition coefficient (Wildman–Crippen LogP) is 1.99. The minimum atomic E-state index is -0.188. The van der Waals surface area contributed by atoms with E-state index in [1.165, 1.54) is 6.26 Å². The molecule has 2 aliphatic heterocycles. The van der Waals surface area contributed by atoms with E-state index in [0.29, 0.717) is 25.4 Å². The van der Waals surface area contributed by atoms with Crippen LogP contribution >= 0.6 is 11.8 Å². The lowest BCUT2D eigenvalue weighted by Crippen LogP contribution is -2.55. The Kier molecular flexibility index (Phi) is 4.33. The molecule has 3 heterocycles. The molecule has 0 bridgehead atoms. The van der Waals surface area contributed by atoms with Crippen LogP contribution in [-0.2, 0) is 0 Å². The number of hydrogen-bond donors (Lipinski definition) is 1. The smallest absolute Gasteiger partial charge is 0.317 e. The first-order valence-corrected chi connectivity index (χ1v) is 8.67. The van der Waals surface area contributed by atoms with Crippen molar-refractivity contribution in [2.24, 2.45) is 0 Å². The van der Waals surface area contributed by atoms with Gasteiger partial charge in [0.2, 0.25) is 0 Å². The Morgan fingerprint density at radius 3 is 2.77 bits per heavy atom. The van der Waals surface area contributed by atoms with Gasteiger partial charge in [-0.1, -0.05) is 0 Å². The Bertz CT molecular complexity index is 538. The second kappa shape index (κ2) is 6.24. The van der Waals surface area contributed by atoms with Gasteiger partial charge in [0.05, 0.1) is 11.1 Å². The van der Waals surface area contributed by atoms with Crippen LogP contribution in [0.3, 0.4) is 0 Å². The average molecular weight is 323 g/mol. The van der Waals surface area contributed by atoms with Crippen molar-refractivity contribution in [3.05, 3.63) is 24.2 Å². The summed E-state index contributed by atoms with van der Waals surface area (Å²) in [4.78, 5) is 28.1. The molecule has 0 saturated carbocycles. The quantitative estimate of drug-likeness (QED) is 0.904. The summed E-state index contributed by atoms with van der Waals surface area (Å²) in [6, 6.07) is 3.44. The van der Waals surface area contributed by atoms with Gasteiger partial charge in [0.25, 0.3) is 5.91 Å². The molecule has 7 heteroatoms. The number of thioether (sulfide) groups is 1. The SMILES string of the molecule is CCNC(=O)N1CCC2(CC1)SCCN2C(=O)c1ccco1. The highest BCUT2D eigenvalue weighted by Gasteiger charge is 2.47. The first kappa shape index (κ1) is 15.3. The van der Waals surface area contributed by atoms with E-state index in [1.54, 1.807) is 12.1 Å². The van der Waals surface area contributed by atoms with Crippen LogP contribution in [0, 0.1) is 0 Å². The molecule has 0 aliphatic carbocycles. The number of likely N-dealkylation sites (tertiary alicyclic amines) is 1. The Labute approximate surface area is 134 Å². The molecule has 1 spiro atoms. The van der Waals surface area contributed by atoms with Crippen molar-refractivity contribution in [1.29, 1.82) is 0 Å². The van der Waals surface area contributed by atoms with Crippen LogP contribution in [-0.4, -0.2) is 58.5 Å². The van der Waals surface area contributed by atoms with Crippen molar-refractivity contribution in [3.63, 3.8) is 0 Å². The molecule has 2 aliphatic rings. The average Bonchev–Trinajstić information content (AvgIpc) is 3.18. The van der Waals surface area contributed by atoms with Crippen molar-refractivity contribution in [2.45, 2.75) is 24.6 Å². The number of hydrogen-bond acceptors (Lipinski definition) is 4. The van der Waals surface area contributed by atoms with Gasteiger partial charge in [0.15, 0.2) is 5.76 Å². The number of amides is 3. The standard InChI is InChI=1S/C15H21N3O3S/c1-2-16-14(20)17-7-5-15(6-8-17)18(9-11-22-15)13(19)12-4-3-10-21-12/h3-4,10H,2,5-9,11H2,1H3,(H,16,20). The topological polar surface area (TPSA) is 65.8 Å². The fourth-order valence-electron chi connectivity index (χ4n) is 3.16. The molecule has 1 aromatic rings. The maximum absolute atomic E-state index is 12.6. The predicted molar refractivity (Wildman–Crippen MR) is 84.8 cm³/mol. The van der Waals surface area contributed by atoms with Crippen LogP contribution in [0.15, 0.2) is 22.8 Å². The number of urea groups is 1. The molecule has 3 amide bonds. The summed E-state index contributed by atoms with van der Waals surface area (Å²) >= 11 is 1.83. The molecule has 120 valence electrons. The summed E-state index contributed by atoms with van der Waals surface area (Å²) in [6.45, 7) is 4.66. The molecular formula is C15H21N3O3S. The van der Waals surface area contributed by atoms with Gasteiger partial charge in [0.1, 0.15) is 0 Å². The second-order valence-corrected chi connectivity index (χ2v) is 7.01. The largest absolute Gasteiger partial charge is 0.459 e. The van der Waals surface area contributed by atoms with Gasteiger partial charge in [-0.2, -0.15) is 0 Å². The molecule has 0 atom stereocenters. The molecule has 1 aromatic heterocycles. The highest BCUT2D eigenvalue weighted by atomic mass is 32.2. The summed E-state index contributed by atoms with van der Waals surface area (Å²) in [5.41, 5.74) is 0. The van der Waals surface area contributed by atoms with Gasteiger partial charge in [-0.3, -0.25) is 4.79 Å². The van der Waals surface area contributed by atoms with E-state index in [-0.39, 0.29) is 16.8 Å². The van der Waals surface area contributed by atoms with Crippen LogP contribution in [0.25, 0.3) is 0 Å². The number of nitrogens with one attached hydrogen (secondary N) is 1. The van der Waals surface area contributed by atoms with Crippen LogP contribution in [0.2, 0.25) is 0 Å².